The Labute approximate surface area is 121 Å². The zero-order valence-corrected chi connectivity index (χ0v) is 11.9. The second-order valence-electron chi connectivity index (χ2n) is 5.21. The zero-order valence-electron chi connectivity index (χ0n) is 11.9. The smallest absolute Gasteiger partial charge is 0.370 e. The SMILES string of the molecule is CC(N)Cc1cccc2ccn(CCOCC(F)(F)F)c12. The van der Waals surface area contributed by atoms with E-state index >= 15 is 0 Å². The molecule has 0 aliphatic heterocycles. The summed E-state index contributed by atoms with van der Waals surface area (Å²) >= 11 is 0. The molecule has 2 aromatic rings. The van der Waals surface area contributed by atoms with Crippen molar-refractivity contribution in [2.45, 2.75) is 32.1 Å². The lowest BCUT2D eigenvalue weighted by Gasteiger charge is -2.12. The van der Waals surface area contributed by atoms with Crippen LogP contribution in [0.2, 0.25) is 0 Å². The summed E-state index contributed by atoms with van der Waals surface area (Å²) in [4.78, 5) is 0. The van der Waals surface area contributed by atoms with Crippen molar-refractivity contribution in [3.63, 3.8) is 0 Å². The largest absolute Gasteiger partial charge is 0.411 e. The lowest BCUT2D eigenvalue weighted by atomic mass is 10.0. The highest BCUT2D eigenvalue weighted by Gasteiger charge is 2.27. The first-order chi connectivity index (χ1) is 9.87. The number of nitrogens with two attached hydrogens (primary N) is 1. The molecule has 21 heavy (non-hydrogen) atoms. The molecule has 0 aliphatic rings. The number of alkyl halides is 3. The summed E-state index contributed by atoms with van der Waals surface area (Å²) in [6.07, 6.45) is -1.68. The molecule has 1 aromatic heterocycles. The van der Waals surface area contributed by atoms with Crippen LogP contribution in [0.1, 0.15) is 12.5 Å². The van der Waals surface area contributed by atoms with E-state index in [4.69, 9.17) is 5.73 Å². The molecule has 2 N–H and O–H groups in total. The van der Waals surface area contributed by atoms with Gasteiger partial charge in [0.15, 0.2) is 0 Å². The number of fused-ring (bicyclic) bond motifs is 1. The van der Waals surface area contributed by atoms with Gasteiger partial charge in [-0.2, -0.15) is 13.2 Å². The van der Waals surface area contributed by atoms with Crippen LogP contribution in [0.15, 0.2) is 30.5 Å². The van der Waals surface area contributed by atoms with Crippen LogP contribution in [0.3, 0.4) is 0 Å². The van der Waals surface area contributed by atoms with Crippen molar-refractivity contribution in [3.8, 4) is 0 Å². The van der Waals surface area contributed by atoms with Crippen molar-refractivity contribution in [2.75, 3.05) is 13.2 Å². The number of para-hydroxylation sites is 1. The number of rotatable bonds is 6. The molecule has 0 bridgehead atoms. The first kappa shape index (κ1) is 15.9. The van der Waals surface area contributed by atoms with E-state index in [1.165, 1.54) is 0 Å². The summed E-state index contributed by atoms with van der Waals surface area (Å²) in [5.41, 5.74) is 7.96. The van der Waals surface area contributed by atoms with Crippen LogP contribution in [0.25, 0.3) is 10.9 Å². The van der Waals surface area contributed by atoms with Gasteiger partial charge in [-0.05, 0) is 30.4 Å². The van der Waals surface area contributed by atoms with Crippen LogP contribution >= 0.6 is 0 Å². The summed E-state index contributed by atoms with van der Waals surface area (Å²) in [6, 6.07) is 7.92. The van der Waals surface area contributed by atoms with Gasteiger partial charge in [0.05, 0.1) is 12.1 Å². The summed E-state index contributed by atoms with van der Waals surface area (Å²) < 4.78 is 42.7. The molecule has 3 nitrogen and oxygen atoms in total. The summed E-state index contributed by atoms with van der Waals surface area (Å²) in [7, 11) is 0. The molecule has 0 amide bonds. The van der Waals surface area contributed by atoms with Crippen LogP contribution in [0.4, 0.5) is 13.2 Å². The lowest BCUT2D eigenvalue weighted by Crippen LogP contribution is -2.20. The van der Waals surface area contributed by atoms with Crippen LogP contribution in [0.5, 0.6) is 0 Å². The fraction of sp³-hybridized carbons (Fsp3) is 0.467. The standard InChI is InChI=1S/C15H19F3N2O/c1-11(19)9-13-4-2-3-12-5-6-20(14(12)13)7-8-21-10-15(16,17)18/h2-6,11H,7-10,19H2,1H3. The summed E-state index contributed by atoms with van der Waals surface area (Å²) in [5.74, 6) is 0. The predicted octanol–water partition coefficient (Wildman–Crippen LogP) is 3.11. The second-order valence-corrected chi connectivity index (χ2v) is 5.21. The monoisotopic (exact) mass is 300 g/mol. The van der Waals surface area contributed by atoms with Gasteiger partial charge in [0, 0.05) is 18.8 Å². The van der Waals surface area contributed by atoms with Gasteiger partial charge in [-0.3, -0.25) is 0 Å². The Hall–Kier alpha value is -1.53. The van der Waals surface area contributed by atoms with Crippen molar-refractivity contribution < 1.29 is 17.9 Å². The van der Waals surface area contributed by atoms with E-state index < -0.39 is 12.8 Å². The first-order valence-electron chi connectivity index (χ1n) is 6.83. The van der Waals surface area contributed by atoms with Gasteiger partial charge in [0.25, 0.3) is 0 Å². The minimum atomic E-state index is -4.28. The van der Waals surface area contributed by atoms with E-state index in [1.54, 1.807) is 0 Å². The van der Waals surface area contributed by atoms with E-state index in [0.29, 0.717) is 6.54 Å². The van der Waals surface area contributed by atoms with Gasteiger partial charge in [-0.15, -0.1) is 0 Å². The summed E-state index contributed by atoms with van der Waals surface area (Å²) in [6.45, 7) is 1.13. The number of ether oxygens (including phenoxy) is 1. The number of aromatic nitrogens is 1. The summed E-state index contributed by atoms with van der Waals surface area (Å²) in [5, 5.41) is 1.06. The molecule has 1 aromatic carbocycles. The maximum Gasteiger partial charge on any atom is 0.411 e. The third kappa shape index (κ3) is 4.47. The topological polar surface area (TPSA) is 40.2 Å². The fourth-order valence-corrected chi connectivity index (χ4v) is 2.39. The van der Waals surface area contributed by atoms with Crippen molar-refractivity contribution in [1.82, 2.24) is 4.57 Å². The quantitative estimate of drug-likeness (QED) is 0.833. The van der Waals surface area contributed by atoms with E-state index in [2.05, 4.69) is 4.74 Å². The molecule has 0 fully saturated rings. The number of nitrogens with zero attached hydrogens (tertiary/aromatic N) is 1. The zero-order chi connectivity index (χ0) is 15.5. The van der Waals surface area contributed by atoms with Crippen LogP contribution in [-0.4, -0.2) is 30.0 Å². The average Bonchev–Trinajstić information content (AvgIpc) is 2.77. The highest BCUT2D eigenvalue weighted by atomic mass is 19.4. The van der Waals surface area contributed by atoms with Gasteiger partial charge < -0.3 is 15.0 Å². The minimum absolute atomic E-state index is 0.0236. The fourth-order valence-electron chi connectivity index (χ4n) is 2.39. The van der Waals surface area contributed by atoms with Crippen molar-refractivity contribution in [3.05, 3.63) is 36.0 Å². The lowest BCUT2D eigenvalue weighted by molar-refractivity contribution is -0.174. The molecule has 6 heteroatoms. The van der Waals surface area contributed by atoms with Gasteiger partial charge in [-0.25, -0.2) is 0 Å². The van der Waals surface area contributed by atoms with Crippen molar-refractivity contribution in [1.29, 1.82) is 0 Å². The molecule has 2 rings (SSSR count). The van der Waals surface area contributed by atoms with Crippen molar-refractivity contribution >= 4 is 10.9 Å². The Morgan fingerprint density at radius 2 is 2.05 bits per heavy atom. The Kier molecular flexibility index (Phi) is 4.90. The van der Waals surface area contributed by atoms with Gasteiger partial charge >= 0.3 is 6.18 Å². The van der Waals surface area contributed by atoms with Crippen LogP contribution in [0, 0.1) is 0 Å². The van der Waals surface area contributed by atoms with E-state index in [1.807, 2.05) is 42.0 Å². The number of hydrogen-bond donors (Lipinski definition) is 1. The van der Waals surface area contributed by atoms with E-state index in [0.717, 1.165) is 22.9 Å². The first-order valence-corrected chi connectivity index (χ1v) is 6.83. The molecular weight excluding hydrogens is 281 g/mol. The Morgan fingerprint density at radius 1 is 1.29 bits per heavy atom. The third-order valence-corrected chi connectivity index (χ3v) is 3.16. The molecule has 116 valence electrons. The minimum Gasteiger partial charge on any atom is -0.370 e. The van der Waals surface area contributed by atoms with Crippen molar-refractivity contribution in [2.24, 2.45) is 5.73 Å². The number of hydrogen-bond acceptors (Lipinski definition) is 2. The number of benzene rings is 1. The molecule has 0 saturated carbocycles. The molecular formula is C15H19F3N2O. The van der Waals surface area contributed by atoms with E-state index in [9.17, 15) is 13.2 Å². The third-order valence-electron chi connectivity index (χ3n) is 3.16. The predicted molar refractivity (Wildman–Crippen MR) is 76.2 cm³/mol. The molecule has 0 radical (unpaired) electrons. The number of halogens is 3. The average molecular weight is 300 g/mol. The Morgan fingerprint density at radius 3 is 2.71 bits per heavy atom. The normalized spacial score (nSPS) is 13.8. The second kappa shape index (κ2) is 6.49. The van der Waals surface area contributed by atoms with E-state index in [-0.39, 0.29) is 12.6 Å². The van der Waals surface area contributed by atoms with Crippen LogP contribution < -0.4 is 5.73 Å². The molecule has 0 spiro atoms. The molecule has 0 saturated heterocycles. The van der Waals surface area contributed by atoms with Gasteiger partial charge in [0.2, 0.25) is 0 Å². The maximum atomic E-state index is 12.0. The Bertz CT molecular complexity index is 590. The molecule has 1 heterocycles. The highest BCUT2D eigenvalue weighted by molar-refractivity contribution is 5.83. The molecule has 1 unspecified atom stereocenters. The Balaban J connectivity index is 2.09. The molecule has 1 atom stereocenters. The van der Waals surface area contributed by atoms with Crippen LogP contribution in [-0.2, 0) is 17.7 Å². The van der Waals surface area contributed by atoms with Gasteiger partial charge in [-0.1, -0.05) is 18.2 Å². The maximum absolute atomic E-state index is 12.0. The highest BCUT2D eigenvalue weighted by Crippen LogP contribution is 2.21. The molecule has 0 aliphatic carbocycles. The van der Waals surface area contributed by atoms with Gasteiger partial charge in [0.1, 0.15) is 6.61 Å².